The Morgan fingerprint density at radius 1 is 1.31 bits per heavy atom. The van der Waals surface area contributed by atoms with Crippen molar-refractivity contribution in [3.05, 3.63) is 35.9 Å². The monoisotopic (exact) mass is 239 g/mol. The third kappa shape index (κ3) is 3.03. The van der Waals surface area contributed by atoms with Crippen molar-refractivity contribution >= 4 is 10.2 Å². The SMILES string of the molecule is CN(C)S(=O)(=O)NC(C#N)c1ccccc1. The Hall–Kier alpha value is -1.42. The minimum Gasteiger partial charge on any atom is -0.196 e. The highest BCUT2D eigenvalue weighted by atomic mass is 32.2. The molecule has 86 valence electrons. The van der Waals surface area contributed by atoms with Crippen LogP contribution in [0.1, 0.15) is 11.6 Å². The van der Waals surface area contributed by atoms with Crippen LogP contribution >= 0.6 is 0 Å². The minimum atomic E-state index is -3.60. The average molecular weight is 239 g/mol. The van der Waals surface area contributed by atoms with Crippen molar-refractivity contribution in [2.24, 2.45) is 0 Å². The van der Waals surface area contributed by atoms with Gasteiger partial charge in [0.15, 0.2) is 0 Å². The molecule has 1 aromatic carbocycles. The quantitative estimate of drug-likeness (QED) is 0.838. The third-order valence-corrected chi connectivity index (χ3v) is 3.50. The van der Waals surface area contributed by atoms with Gasteiger partial charge in [-0.1, -0.05) is 30.3 Å². The van der Waals surface area contributed by atoms with E-state index in [-0.39, 0.29) is 0 Å². The molecule has 1 N–H and O–H groups in total. The Labute approximate surface area is 95.5 Å². The van der Waals surface area contributed by atoms with Crippen molar-refractivity contribution < 1.29 is 8.42 Å². The second kappa shape index (κ2) is 5.07. The summed E-state index contributed by atoms with van der Waals surface area (Å²) in [5.41, 5.74) is 0.621. The lowest BCUT2D eigenvalue weighted by Gasteiger charge is -2.16. The van der Waals surface area contributed by atoms with Crippen LogP contribution in [0.15, 0.2) is 30.3 Å². The van der Waals surface area contributed by atoms with E-state index in [0.29, 0.717) is 5.56 Å². The fourth-order valence-corrected chi connectivity index (χ4v) is 1.77. The Balaban J connectivity index is 2.92. The summed E-state index contributed by atoms with van der Waals surface area (Å²) in [5, 5.41) is 8.93. The van der Waals surface area contributed by atoms with Gasteiger partial charge in [0.25, 0.3) is 10.2 Å². The van der Waals surface area contributed by atoms with Crippen LogP contribution in [-0.2, 0) is 10.2 Å². The van der Waals surface area contributed by atoms with Crippen LogP contribution in [0, 0.1) is 11.3 Å². The largest absolute Gasteiger partial charge is 0.280 e. The van der Waals surface area contributed by atoms with E-state index in [1.807, 2.05) is 6.07 Å². The zero-order valence-corrected chi connectivity index (χ0v) is 9.90. The number of rotatable bonds is 4. The highest BCUT2D eigenvalue weighted by molar-refractivity contribution is 7.87. The van der Waals surface area contributed by atoms with Crippen molar-refractivity contribution in [1.29, 1.82) is 5.26 Å². The summed E-state index contributed by atoms with van der Waals surface area (Å²) in [7, 11) is -0.788. The molecule has 0 saturated heterocycles. The molecule has 0 heterocycles. The van der Waals surface area contributed by atoms with E-state index in [2.05, 4.69) is 4.72 Å². The lowest BCUT2D eigenvalue weighted by molar-refractivity contribution is 0.500. The van der Waals surface area contributed by atoms with Crippen LogP contribution < -0.4 is 4.72 Å². The van der Waals surface area contributed by atoms with Crippen molar-refractivity contribution in [3.8, 4) is 6.07 Å². The van der Waals surface area contributed by atoms with Crippen molar-refractivity contribution in [2.45, 2.75) is 6.04 Å². The van der Waals surface area contributed by atoms with E-state index in [0.717, 1.165) is 4.31 Å². The molecule has 0 radical (unpaired) electrons. The van der Waals surface area contributed by atoms with E-state index in [4.69, 9.17) is 5.26 Å². The van der Waals surface area contributed by atoms with Gasteiger partial charge in [0.2, 0.25) is 0 Å². The molecule has 1 atom stereocenters. The van der Waals surface area contributed by atoms with E-state index < -0.39 is 16.3 Å². The van der Waals surface area contributed by atoms with Gasteiger partial charge in [0.1, 0.15) is 6.04 Å². The molecule has 0 amide bonds. The van der Waals surface area contributed by atoms with Crippen LogP contribution in [0.2, 0.25) is 0 Å². The lowest BCUT2D eigenvalue weighted by Crippen LogP contribution is -2.37. The summed E-state index contributed by atoms with van der Waals surface area (Å²) in [6, 6.07) is 9.76. The van der Waals surface area contributed by atoms with Gasteiger partial charge < -0.3 is 0 Å². The minimum absolute atomic E-state index is 0.621. The molecule has 0 aromatic heterocycles. The van der Waals surface area contributed by atoms with Crippen LogP contribution in [0.4, 0.5) is 0 Å². The molecular weight excluding hydrogens is 226 g/mol. The number of nitrogens with one attached hydrogen (secondary N) is 1. The molecule has 0 saturated carbocycles. The molecule has 0 aliphatic rings. The van der Waals surface area contributed by atoms with Crippen LogP contribution in [0.5, 0.6) is 0 Å². The van der Waals surface area contributed by atoms with Crippen LogP contribution in [-0.4, -0.2) is 26.8 Å². The van der Waals surface area contributed by atoms with E-state index in [1.165, 1.54) is 14.1 Å². The van der Waals surface area contributed by atoms with Gasteiger partial charge in [-0.05, 0) is 5.56 Å². The fraction of sp³-hybridized carbons (Fsp3) is 0.300. The van der Waals surface area contributed by atoms with Gasteiger partial charge in [0.05, 0.1) is 6.07 Å². The molecule has 1 rings (SSSR count). The van der Waals surface area contributed by atoms with Gasteiger partial charge in [-0.3, -0.25) is 0 Å². The van der Waals surface area contributed by atoms with E-state index in [9.17, 15) is 8.42 Å². The third-order valence-electron chi connectivity index (χ3n) is 2.01. The van der Waals surface area contributed by atoms with E-state index in [1.54, 1.807) is 30.3 Å². The highest BCUT2D eigenvalue weighted by Crippen LogP contribution is 2.12. The van der Waals surface area contributed by atoms with Crippen molar-refractivity contribution in [3.63, 3.8) is 0 Å². The van der Waals surface area contributed by atoms with Gasteiger partial charge in [-0.2, -0.15) is 22.7 Å². The van der Waals surface area contributed by atoms with E-state index >= 15 is 0 Å². The predicted octanol–water partition coefficient (Wildman–Crippen LogP) is 0.647. The summed E-state index contributed by atoms with van der Waals surface area (Å²) < 4.78 is 26.4. The number of hydrogen-bond donors (Lipinski definition) is 1. The first-order valence-electron chi connectivity index (χ1n) is 4.61. The van der Waals surface area contributed by atoms with Crippen molar-refractivity contribution in [2.75, 3.05) is 14.1 Å². The maximum atomic E-state index is 11.5. The molecule has 0 bridgehead atoms. The summed E-state index contributed by atoms with van der Waals surface area (Å²) in [5.74, 6) is 0. The molecule has 0 fully saturated rings. The zero-order chi connectivity index (χ0) is 12.2. The molecule has 1 aromatic rings. The highest BCUT2D eigenvalue weighted by Gasteiger charge is 2.20. The van der Waals surface area contributed by atoms with Gasteiger partial charge in [0, 0.05) is 14.1 Å². The maximum absolute atomic E-state index is 11.5. The summed E-state index contributed by atoms with van der Waals surface area (Å²) >= 11 is 0. The molecule has 16 heavy (non-hydrogen) atoms. The smallest absolute Gasteiger partial charge is 0.196 e. The van der Waals surface area contributed by atoms with Crippen LogP contribution in [0.25, 0.3) is 0 Å². The number of benzene rings is 1. The topological polar surface area (TPSA) is 73.2 Å². The van der Waals surface area contributed by atoms with Crippen molar-refractivity contribution in [1.82, 2.24) is 9.03 Å². The Morgan fingerprint density at radius 2 is 1.88 bits per heavy atom. The average Bonchev–Trinajstić information content (AvgIpc) is 2.27. The molecule has 0 spiro atoms. The first-order valence-corrected chi connectivity index (χ1v) is 6.05. The molecule has 1 unspecified atom stereocenters. The first-order chi connectivity index (χ1) is 7.47. The fourth-order valence-electron chi connectivity index (χ4n) is 1.07. The molecule has 5 nitrogen and oxygen atoms in total. The second-order valence-electron chi connectivity index (χ2n) is 3.38. The molecule has 6 heteroatoms. The summed E-state index contributed by atoms with van der Waals surface area (Å²) in [4.78, 5) is 0. The predicted molar refractivity (Wildman–Crippen MR) is 60.5 cm³/mol. The van der Waals surface area contributed by atoms with Gasteiger partial charge in [-0.15, -0.1) is 0 Å². The summed E-state index contributed by atoms with van der Waals surface area (Å²) in [6.07, 6.45) is 0. The lowest BCUT2D eigenvalue weighted by atomic mass is 10.1. The number of hydrogen-bond acceptors (Lipinski definition) is 3. The Kier molecular flexibility index (Phi) is 4.01. The molecular formula is C10H13N3O2S. The summed E-state index contributed by atoms with van der Waals surface area (Å²) in [6.45, 7) is 0. The maximum Gasteiger partial charge on any atom is 0.280 e. The van der Waals surface area contributed by atoms with Gasteiger partial charge >= 0.3 is 0 Å². The van der Waals surface area contributed by atoms with Gasteiger partial charge in [-0.25, -0.2) is 0 Å². The number of nitrogens with zero attached hydrogens (tertiary/aromatic N) is 2. The first kappa shape index (κ1) is 12.6. The standard InChI is InChI=1S/C10H13N3O2S/c1-13(2)16(14,15)12-10(8-11)9-6-4-3-5-7-9/h3-7,10,12H,1-2H3. The number of nitriles is 1. The zero-order valence-electron chi connectivity index (χ0n) is 9.08. The Bertz CT molecular complexity index is 477. The Morgan fingerprint density at radius 3 is 2.31 bits per heavy atom. The second-order valence-corrected chi connectivity index (χ2v) is 5.29. The van der Waals surface area contributed by atoms with Crippen LogP contribution in [0.3, 0.4) is 0 Å². The molecule has 0 aliphatic heterocycles. The molecule has 0 aliphatic carbocycles. The normalized spacial score (nSPS) is 13.4.